The fourth-order valence-electron chi connectivity index (χ4n) is 15.8. The predicted molar refractivity (Wildman–Crippen MR) is 332 cm³/mol. The third kappa shape index (κ3) is 7.58. The summed E-state index contributed by atoms with van der Waals surface area (Å²) < 4.78 is -0.991. The molecule has 7 aromatic rings. The molecule has 2 heterocycles. The third-order valence-electron chi connectivity index (χ3n) is 19.1. The number of carbonyl (C=O) groups is 7. The van der Waals surface area contributed by atoms with Crippen LogP contribution in [-0.2, 0) is 39.0 Å². The lowest BCUT2D eigenvalue weighted by molar-refractivity contribution is -0.134. The van der Waals surface area contributed by atoms with Crippen LogP contribution in [0.1, 0.15) is 80.5 Å². The maximum absolute atomic E-state index is 15.4. The van der Waals surface area contributed by atoms with Crippen molar-refractivity contribution in [3.8, 4) is 0 Å². The molecule has 2 saturated carbocycles. The number of allylic oxidation sites excluding steroid dienone is 6. The highest BCUT2D eigenvalue weighted by atomic mass is 79.9. The van der Waals surface area contributed by atoms with Gasteiger partial charge in [0.05, 0.1) is 42.9 Å². The molecule has 1 saturated heterocycles. The zero-order chi connectivity index (χ0) is 59.1. The largest absolute Gasteiger partial charge is 0.298 e. The molecule has 83 heavy (non-hydrogen) atoms. The lowest BCUT2D eigenvalue weighted by atomic mass is 9.43. The van der Waals surface area contributed by atoms with Gasteiger partial charge in [0, 0.05) is 6.08 Å². The smallest absolute Gasteiger partial charge is 0.265 e. The van der Waals surface area contributed by atoms with Gasteiger partial charge in [0.2, 0.25) is 11.8 Å². The van der Waals surface area contributed by atoms with E-state index < -0.39 is 48.6 Å². The maximum Gasteiger partial charge on any atom is 0.265 e. The van der Waals surface area contributed by atoms with E-state index in [1.54, 1.807) is 6.92 Å². The lowest BCUT2D eigenvalue weighted by Gasteiger charge is -2.55. The monoisotopic (exact) mass is 1220 g/mol. The SMILES string of the molecule is CC12C(=O)C(C)(C(c3ccccc3)=C1c1ccccc1)C1(Br)C(=O)NC(=O)C21.CC1=C(c2ccccc2)C2(c3ccccc3)C3(C)C(=O)C(C)(C(c4ccccc4)=C3c3ccccc3)C2(C)C1=O.Cc1ccccc1.O=C1C=C(Br)C(=O)N1. The number of fused-ring (bicyclic) bond motifs is 10. The third-order valence-corrected chi connectivity index (χ3v) is 21.3. The number of amides is 4. The molecule has 4 amide bonds. The number of carbonyl (C=O) groups excluding carboxylic acids is 7. The van der Waals surface area contributed by atoms with E-state index in [1.165, 1.54) is 11.6 Å². The summed E-state index contributed by atoms with van der Waals surface area (Å²) in [6.07, 6.45) is 1.20. The average Bonchev–Trinajstić information content (AvgIpc) is 1.49. The van der Waals surface area contributed by atoms with Crippen LogP contribution in [0.4, 0.5) is 0 Å². The molecule has 0 spiro atoms. The normalized spacial score (nSPS) is 29.5. The summed E-state index contributed by atoms with van der Waals surface area (Å²) in [7, 11) is 0. The second-order valence-corrected chi connectivity index (χ2v) is 25.2. The van der Waals surface area contributed by atoms with Crippen molar-refractivity contribution < 1.29 is 33.6 Å². The van der Waals surface area contributed by atoms with Crippen LogP contribution in [0.25, 0.3) is 27.9 Å². The van der Waals surface area contributed by atoms with Gasteiger partial charge in [0.15, 0.2) is 17.3 Å². The molecule has 5 aliphatic carbocycles. The fourth-order valence-corrected chi connectivity index (χ4v) is 17.2. The molecule has 7 aromatic carbocycles. The van der Waals surface area contributed by atoms with Gasteiger partial charge in [-0.25, -0.2) is 0 Å². The van der Waals surface area contributed by atoms with E-state index in [0.29, 0.717) is 4.48 Å². The Hall–Kier alpha value is -8.25. The Morgan fingerprint density at radius 3 is 1.17 bits per heavy atom. The summed E-state index contributed by atoms with van der Waals surface area (Å²) in [5, 5.41) is 4.52. The summed E-state index contributed by atoms with van der Waals surface area (Å²) in [4.78, 5) is 90.6. The molecule has 0 aromatic heterocycles. The lowest BCUT2D eigenvalue weighted by Crippen LogP contribution is -2.56. The van der Waals surface area contributed by atoms with Crippen LogP contribution in [0.5, 0.6) is 0 Å². The van der Waals surface area contributed by atoms with Crippen LogP contribution in [0.2, 0.25) is 0 Å². The van der Waals surface area contributed by atoms with Gasteiger partial charge >= 0.3 is 0 Å². The minimum Gasteiger partial charge on any atom is -0.298 e. The average molecular weight is 1230 g/mol. The molecule has 14 rings (SSSR count). The van der Waals surface area contributed by atoms with Crippen LogP contribution in [0, 0.1) is 39.9 Å². The molecule has 9 nitrogen and oxygen atoms in total. The number of hydrogen-bond acceptors (Lipinski definition) is 7. The molecule has 4 bridgehead atoms. The molecule has 8 unspecified atom stereocenters. The summed E-state index contributed by atoms with van der Waals surface area (Å²) in [5.74, 6) is -2.22. The summed E-state index contributed by atoms with van der Waals surface area (Å²) >= 11 is 6.49. The van der Waals surface area contributed by atoms with Crippen LogP contribution >= 0.6 is 31.9 Å². The number of benzene rings is 7. The van der Waals surface area contributed by atoms with Gasteiger partial charge in [-0.2, -0.15) is 0 Å². The highest BCUT2D eigenvalue weighted by Crippen LogP contribution is 2.86. The second kappa shape index (κ2) is 20.6. The summed E-state index contributed by atoms with van der Waals surface area (Å²) in [6, 6.07) is 70.8. The van der Waals surface area contributed by atoms with Gasteiger partial charge in [0.1, 0.15) is 4.32 Å². The number of imide groups is 2. The first kappa shape index (κ1) is 56.6. The highest BCUT2D eigenvalue weighted by molar-refractivity contribution is 9.12. The quantitative estimate of drug-likeness (QED) is 0.125. The van der Waals surface area contributed by atoms with Crippen molar-refractivity contribution in [2.24, 2.45) is 33.0 Å². The molecular weight excluding hydrogens is 1160 g/mol. The molecule has 2 N–H and O–H groups in total. The molecule has 11 heteroatoms. The number of ketones is 3. The van der Waals surface area contributed by atoms with Crippen molar-refractivity contribution in [1.29, 1.82) is 0 Å². The minimum atomic E-state index is -1.29. The molecule has 3 fully saturated rings. The van der Waals surface area contributed by atoms with Crippen molar-refractivity contribution in [2.45, 2.75) is 58.2 Å². The van der Waals surface area contributed by atoms with Crippen LogP contribution in [-0.4, -0.2) is 45.3 Å². The highest BCUT2D eigenvalue weighted by Gasteiger charge is 2.88. The van der Waals surface area contributed by atoms with Gasteiger partial charge in [-0.3, -0.25) is 44.2 Å². The predicted octanol–water partition coefficient (Wildman–Crippen LogP) is 13.7. The molecule has 414 valence electrons. The van der Waals surface area contributed by atoms with E-state index in [2.05, 4.69) is 126 Å². The number of aryl methyl sites for hydroxylation is 1. The minimum absolute atomic E-state index is 0.0651. The first-order valence-corrected chi connectivity index (χ1v) is 29.2. The van der Waals surface area contributed by atoms with Gasteiger partial charge in [-0.15, -0.1) is 0 Å². The Morgan fingerprint density at radius 2 is 0.795 bits per heavy atom. The van der Waals surface area contributed by atoms with Crippen molar-refractivity contribution in [3.05, 3.63) is 267 Å². The van der Waals surface area contributed by atoms with E-state index in [9.17, 15) is 28.8 Å². The van der Waals surface area contributed by atoms with Gasteiger partial charge in [-0.05, 0) is 131 Å². The number of Topliss-reactive ketones (excluding diaryl/α,β-unsaturated/α-hetero) is 3. The zero-order valence-electron chi connectivity index (χ0n) is 47.0. The van der Waals surface area contributed by atoms with Gasteiger partial charge < -0.3 is 0 Å². The Bertz CT molecular complexity index is 4000. The van der Waals surface area contributed by atoms with Crippen LogP contribution < -0.4 is 10.6 Å². The van der Waals surface area contributed by atoms with Gasteiger partial charge in [-0.1, -0.05) is 234 Å². The van der Waals surface area contributed by atoms with E-state index in [1.807, 2.05) is 171 Å². The number of halogens is 2. The Morgan fingerprint density at radius 1 is 0.422 bits per heavy atom. The van der Waals surface area contributed by atoms with Gasteiger partial charge in [0.25, 0.3) is 11.8 Å². The van der Waals surface area contributed by atoms with Crippen molar-refractivity contribution in [3.63, 3.8) is 0 Å². The molecular formula is C72H60Br2N2O7. The topological polar surface area (TPSA) is 144 Å². The van der Waals surface area contributed by atoms with Crippen LogP contribution in [0.15, 0.2) is 228 Å². The molecule has 0 radical (unpaired) electrons. The van der Waals surface area contributed by atoms with E-state index in [-0.39, 0.29) is 35.1 Å². The Balaban J connectivity index is 0.000000143. The fraction of sp³-hybridized carbons (Fsp3) is 0.208. The van der Waals surface area contributed by atoms with E-state index >= 15 is 4.79 Å². The van der Waals surface area contributed by atoms with E-state index in [4.69, 9.17) is 0 Å². The first-order valence-electron chi connectivity index (χ1n) is 27.6. The van der Waals surface area contributed by atoms with Crippen molar-refractivity contribution >= 4 is 101 Å². The molecule has 2 aliphatic heterocycles. The number of nitrogens with one attached hydrogen (secondary N) is 2. The summed E-state index contributed by atoms with van der Waals surface area (Å²) in [6.45, 7) is 13.9. The number of alkyl halides is 1. The van der Waals surface area contributed by atoms with E-state index in [0.717, 1.165) is 66.8 Å². The summed E-state index contributed by atoms with van der Waals surface area (Å²) in [5.41, 5.74) is 6.32. The first-order chi connectivity index (χ1) is 39.6. The Kier molecular flexibility index (Phi) is 14.0. The zero-order valence-corrected chi connectivity index (χ0v) is 50.1. The molecule has 7 aliphatic rings. The van der Waals surface area contributed by atoms with Crippen molar-refractivity contribution in [2.75, 3.05) is 0 Å². The van der Waals surface area contributed by atoms with Crippen LogP contribution in [0.3, 0.4) is 0 Å². The Labute approximate surface area is 500 Å². The maximum atomic E-state index is 15.4. The second-order valence-electron chi connectivity index (χ2n) is 23.1. The number of rotatable bonds is 6. The standard InChI is InChI=1S/C38H32O2.C23H18BrNO3.C7H8.C4H2BrNO2/c1-25-30(26-17-9-5-10-18-26)38(29-23-15-8-16-24-29)36(3)32(28-21-13-7-14-22-28)31(27-19-11-6-12-20-27)35(2,34(36)40)37(38,4)33(25)39;1-21-15(13-9-5-3-6-10-13)16(14-11-7-4-8-12-14)22(2,19(21)27)23(24)17(21)18(26)25-20(23)28;1-7-5-3-2-4-6-7;5-2-1-3(7)6-4(2)8/h5-24H,1-4H3;3-12,17H,1-2H3,(H,25,26,28);2-6H,1H3;1H,(H,6,7,8). The molecule has 8 atom stereocenters. The number of hydrogen-bond donors (Lipinski definition) is 2. The van der Waals surface area contributed by atoms with Crippen molar-refractivity contribution in [1.82, 2.24) is 10.6 Å².